The fourth-order valence-corrected chi connectivity index (χ4v) is 4.50. The lowest BCUT2D eigenvalue weighted by molar-refractivity contribution is -0.139. The number of carbonyl (C=O) groups excluding carboxylic acids is 1. The van der Waals surface area contributed by atoms with E-state index in [0.29, 0.717) is 17.9 Å². The van der Waals surface area contributed by atoms with Crippen molar-refractivity contribution >= 4 is 16.9 Å². The molecule has 1 unspecified atom stereocenters. The molecule has 2 aliphatic rings. The maximum atomic E-state index is 13.2. The first-order valence-electron chi connectivity index (χ1n) is 11.0. The van der Waals surface area contributed by atoms with Crippen LogP contribution >= 0.6 is 0 Å². The van der Waals surface area contributed by atoms with Crippen molar-refractivity contribution in [2.75, 3.05) is 0 Å². The number of ether oxygens (including phenoxy) is 1. The van der Waals surface area contributed by atoms with Gasteiger partial charge in [-0.25, -0.2) is 4.79 Å². The minimum atomic E-state index is -0.651. The molecule has 5 rings (SSSR count). The minimum Gasteiger partial charge on any atom is -0.480 e. The van der Waals surface area contributed by atoms with Gasteiger partial charge >= 0.3 is 5.63 Å². The number of carbonyl (C=O) groups is 1. The van der Waals surface area contributed by atoms with E-state index in [4.69, 9.17) is 9.15 Å². The summed E-state index contributed by atoms with van der Waals surface area (Å²) in [6.07, 6.45) is 5.78. The molecule has 6 heteroatoms. The SMILES string of the molecule is Cc1c(OC(C)C(=O)N(Cc2ccccn2)C2CC2)ccc2c3c(c(=O)oc12)CCC3. The molecule has 6 nitrogen and oxygen atoms in total. The summed E-state index contributed by atoms with van der Waals surface area (Å²) in [7, 11) is 0. The Balaban J connectivity index is 1.40. The molecule has 0 N–H and O–H groups in total. The highest BCUT2D eigenvalue weighted by atomic mass is 16.5. The third-order valence-electron chi connectivity index (χ3n) is 6.32. The van der Waals surface area contributed by atoms with E-state index < -0.39 is 6.10 Å². The molecule has 1 saturated carbocycles. The van der Waals surface area contributed by atoms with Crippen LogP contribution < -0.4 is 10.4 Å². The van der Waals surface area contributed by atoms with E-state index in [1.54, 1.807) is 13.1 Å². The number of hydrogen-bond donors (Lipinski definition) is 0. The van der Waals surface area contributed by atoms with E-state index in [2.05, 4.69) is 4.98 Å². The Kier molecular flexibility index (Phi) is 5.00. The van der Waals surface area contributed by atoms with Gasteiger partial charge in [0.2, 0.25) is 0 Å². The predicted molar refractivity (Wildman–Crippen MR) is 117 cm³/mol. The van der Waals surface area contributed by atoms with E-state index in [1.807, 2.05) is 42.2 Å². The van der Waals surface area contributed by atoms with E-state index in [9.17, 15) is 9.59 Å². The van der Waals surface area contributed by atoms with Crippen LogP contribution in [0.2, 0.25) is 0 Å². The van der Waals surface area contributed by atoms with E-state index in [0.717, 1.165) is 59.9 Å². The van der Waals surface area contributed by atoms with Crippen LogP contribution in [0.15, 0.2) is 45.7 Å². The van der Waals surface area contributed by atoms with Crippen molar-refractivity contribution < 1.29 is 13.9 Å². The van der Waals surface area contributed by atoms with Gasteiger partial charge in [0, 0.05) is 28.8 Å². The molecule has 2 aliphatic carbocycles. The number of nitrogens with zero attached hydrogens (tertiary/aromatic N) is 2. The summed E-state index contributed by atoms with van der Waals surface area (Å²) in [6.45, 7) is 4.14. The number of benzene rings is 1. The number of pyridine rings is 1. The van der Waals surface area contributed by atoms with Crippen LogP contribution in [-0.4, -0.2) is 27.9 Å². The average molecular weight is 418 g/mol. The lowest BCUT2D eigenvalue weighted by Crippen LogP contribution is -2.41. The van der Waals surface area contributed by atoms with Gasteiger partial charge in [-0.15, -0.1) is 0 Å². The van der Waals surface area contributed by atoms with Crippen LogP contribution in [-0.2, 0) is 24.2 Å². The Morgan fingerprint density at radius 1 is 1.23 bits per heavy atom. The highest BCUT2D eigenvalue weighted by molar-refractivity contribution is 5.87. The van der Waals surface area contributed by atoms with Crippen molar-refractivity contribution in [1.29, 1.82) is 0 Å². The monoisotopic (exact) mass is 418 g/mol. The molecule has 160 valence electrons. The fraction of sp³-hybridized carbons (Fsp3) is 0.400. The molecule has 0 radical (unpaired) electrons. The number of aromatic nitrogens is 1. The molecule has 1 aromatic carbocycles. The number of hydrogen-bond acceptors (Lipinski definition) is 5. The van der Waals surface area contributed by atoms with E-state index in [1.165, 1.54) is 0 Å². The molecule has 0 bridgehead atoms. The molecule has 1 atom stereocenters. The number of aryl methyl sites for hydroxylation is 2. The van der Waals surface area contributed by atoms with Gasteiger partial charge in [-0.05, 0) is 75.8 Å². The molecule has 2 aromatic heterocycles. The Morgan fingerprint density at radius 2 is 2.03 bits per heavy atom. The van der Waals surface area contributed by atoms with Crippen molar-refractivity contribution in [3.8, 4) is 5.75 Å². The molecule has 3 aromatic rings. The van der Waals surface area contributed by atoms with Crippen LogP contribution in [0, 0.1) is 6.92 Å². The van der Waals surface area contributed by atoms with Crippen molar-refractivity contribution in [2.24, 2.45) is 0 Å². The molecule has 0 aliphatic heterocycles. The molecule has 2 heterocycles. The van der Waals surface area contributed by atoms with Gasteiger partial charge in [0.1, 0.15) is 11.3 Å². The number of rotatable bonds is 6. The normalized spacial score (nSPS) is 16.2. The topological polar surface area (TPSA) is 72.6 Å². The van der Waals surface area contributed by atoms with Gasteiger partial charge in [0.05, 0.1) is 12.2 Å². The zero-order valence-corrected chi connectivity index (χ0v) is 17.9. The molecule has 31 heavy (non-hydrogen) atoms. The molecule has 0 spiro atoms. The number of fused-ring (bicyclic) bond motifs is 3. The van der Waals surface area contributed by atoms with Crippen molar-refractivity contribution in [3.63, 3.8) is 0 Å². The smallest absolute Gasteiger partial charge is 0.339 e. The van der Waals surface area contributed by atoms with E-state index >= 15 is 0 Å². The van der Waals surface area contributed by atoms with Gasteiger partial charge in [-0.1, -0.05) is 6.07 Å². The van der Waals surface area contributed by atoms with Crippen LogP contribution in [0.1, 0.15) is 48.6 Å². The summed E-state index contributed by atoms with van der Waals surface area (Å²) in [4.78, 5) is 31.8. The molecule has 1 amide bonds. The summed E-state index contributed by atoms with van der Waals surface area (Å²) in [5, 5.41) is 0.977. The molecular weight excluding hydrogens is 392 g/mol. The Labute approximate surface area is 180 Å². The van der Waals surface area contributed by atoms with Crippen LogP contribution in [0.25, 0.3) is 11.0 Å². The highest BCUT2D eigenvalue weighted by Crippen LogP contribution is 2.34. The van der Waals surface area contributed by atoms with Crippen molar-refractivity contribution in [2.45, 2.75) is 64.6 Å². The molecule has 1 fully saturated rings. The third kappa shape index (κ3) is 3.71. The molecule has 0 saturated heterocycles. The van der Waals surface area contributed by atoms with E-state index in [-0.39, 0.29) is 17.6 Å². The van der Waals surface area contributed by atoms with Gasteiger partial charge in [0.25, 0.3) is 5.91 Å². The second kappa shape index (κ2) is 7.84. The summed E-state index contributed by atoms with van der Waals surface area (Å²) in [5.41, 5.74) is 3.84. The van der Waals surface area contributed by atoms with Crippen molar-refractivity contribution in [3.05, 3.63) is 69.3 Å². The van der Waals surface area contributed by atoms with Gasteiger partial charge in [-0.3, -0.25) is 9.78 Å². The average Bonchev–Trinajstić information content (AvgIpc) is 3.49. The summed E-state index contributed by atoms with van der Waals surface area (Å²) >= 11 is 0. The van der Waals surface area contributed by atoms with Gasteiger partial charge < -0.3 is 14.1 Å². The predicted octanol–water partition coefficient (Wildman–Crippen LogP) is 3.94. The number of amides is 1. The van der Waals surface area contributed by atoms with Crippen LogP contribution in [0.3, 0.4) is 0 Å². The standard InChI is InChI=1S/C25H26N2O4/c1-15-22(12-11-20-19-7-5-8-21(19)25(29)31-23(15)20)30-16(2)24(28)27(18-9-10-18)14-17-6-3-4-13-26-17/h3-4,6,11-13,16,18H,5,7-10,14H2,1-2H3. The summed E-state index contributed by atoms with van der Waals surface area (Å²) < 4.78 is 11.8. The van der Waals surface area contributed by atoms with Gasteiger partial charge in [-0.2, -0.15) is 0 Å². The third-order valence-corrected chi connectivity index (χ3v) is 6.32. The zero-order valence-electron chi connectivity index (χ0n) is 17.9. The van der Waals surface area contributed by atoms with Crippen molar-refractivity contribution in [1.82, 2.24) is 9.88 Å². The quantitative estimate of drug-likeness (QED) is 0.567. The van der Waals surface area contributed by atoms with Crippen LogP contribution in [0.4, 0.5) is 0 Å². The summed E-state index contributed by atoms with van der Waals surface area (Å²) in [6, 6.07) is 9.82. The largest absolute Gasteiger partial charge is 0.480 e. The Bertz CT molecular complexity index is 1200. The second-order valence-corrected chi connectivity index (χ2v) is 8.54. The lowest BCUT2D eigenvalue weighted by Gasteiger charge is -2.26. The maximum Gasteiger partial charge on any atom is 0.339 e. The first kappa shape index (κ1) is 19.8. The maximum absolute atomic E-state index is 13.2. The Hall–Kier alpha value is -3.15. The first-order chi connectivity index (χ1) is 15.0. The van der Waals surface area contributed by atoms with Gasteiger partial charge in [0.15, 0.2) is 6.10 Å². The molecular formula is C25H26N2O4. The highest BCUT2D eigenvalue weighted by Gasteiger charge is 2.35. The minimum absolute atomic E-state index is 0.0527. The van der Waals surface area contributed by atoms with Crippen LogP contribution in [0.5, 0.6) is 5.75 Å². The first-order valence-corrected chi connectivity index (χ1v) is 11.0. The summed E-state index contributed by atoms with van der Waals surface area (Å²) in [5.74, 6) is 0.520. The second-order valence-electron chi connectivity index (χ2n) is 8.54. The fourth-order valence-electron chi connectivity index (χ4n) is 4.50. The Morgan fingerprint density at radius 3 is 2.77 bits per heavy atom. The zero-order chi connectivity index (χ0) is 21.5. The lowest BCUT2D eigenvalue weighted by atomic mass is 10.0.